The molecule has 1 atom stereocenters. The van der Waals surface area contributed by atoms with Crippen LogP contribution in [0.3, 0.4) is 0 Å². The first-order valence-electron chi connectivity index (χ1n) is 9.97. The van der Waals surface area contributed by atoms with Gasteiger partial charge in [-0.05, 0) is 48.8 Å². The fraction of sp³-hybridized carbons (Fsp3) is 0.667. The van der Waals surface area contributed by atoms with Gasteiger partial charge in [0.2, 0.25) is 5.91 Å². The third kappa shape index (κ3) is 3.89. The molecule has 0 aliphatic carbocycles. The number of nitrogens with zero attached hydrogens (tertiary/aromatic N) is 1. The quantitative estimate of drug-likeness (QED) is 0.899. The van der Waals surface area contributed by atoms with Gasteiger partial charge in [0.1, 0.15) is 5.75 Å². The zero-order valence-electron chi connectivity index (χ0n) is 15.8. The molecule has 1 unspecified atom stereocenters. The van der Waals surface area contributed by atoms with Crippen molar-refractivity contribution < 1.29 is 14.3 Å². The van der Waals surface area contributed by atoms with Crippen LogP contribution in [0.2, 0.25) is 0 Å². The Morgan fingerprint density at radius 3 is 2.96 bits per heavy atom. The van der Waals surface area contributed by atoms with Crippen molar-refractivity contribution in [1.29, 1.82) is 0 Å². The lowest BCUT2D eigenvalue weighted by atomic mass is 9.78. The Labute approximate surface area is 156 Å². The minimum atomic E-state index is -0.000781. The number of piperidine rings is 1. The maximum absolute atomic E-state index is 11.7. The molecule has 0 aromatic heterocycles. The SMILES string of the molecule is CNC(=O)CC1CCOC2(CCN(Cc3ccc4c(c3)CCO4)CC2)C1. The molecule has 1 amide bonds. The highest BCUT2D eigenvalue weighted by Crippen LogP contribution is 2.39. The number of hydrogen-bond acceptors (Lipinski definition) is 4. The lowest BCUT2D eigenvalue weighted by Gasteiger charge is -2.46. The van der Waals surface area contributed by atoms with Crippen molar-refractivity contribution in [3.63, 3.8) is 0 Å². The van der Waals surface area contributed by atoms with Crippen LogP contribution in [0.5, 0.6) is 5.75 Å². The fourth-order valence-electron chi connectivity index (χ4n) is 4.73. The van der Waals surface area contributed by atoms with Gasteiger partial charge in [-0.3, -0.25) is 9.69 Å². The largest absolute Gasteiger partial charge is 0.493 e. The second-order valence-electron chi connectivity index (χ2n) is 8.08. The van der Waals surface area contributed by atoms with E-state index in [1.165, 1.54) is 11.1 Å². The van der Waals surface area contributed by atoms with Gasteiger partial charge in [-0.1, -0.05) is 12.1 Å². The van der Waals surface area contributed by atoms with E-state index in [0.717, 1.165) is 70.7 Å². The van der Waals surface area contributed by atoms with Crippen LogP contribution in [-0.4, -0.2) is 49.8 Å². The van der Waals surface area contributed by atoms with Gasteiger partial charge in [0, 0.05) is 46.1 Å². The molecular weight excluding hydrogens is 328 g/mol. The summed E-state index contributed by atoms with van der Waals surface area (Å²) in [5.74, 6) is 1.68. The molecule has 0 bridgehead atoms. The van der Waals surface area contributed by atoms with Crippen molar-refractivity contribution in [1.82, 2.24) is 10.2 Å². The molecule has 2 fully saturated rings. The number of hydrogen-bond donors (Lipinski definition) is 1. The normalized spacial score (nSPS) is 24.9. The number of rotatable bonds is 4. The summed E-state index contributed by atoms with van der Waals surface area (Å²) in [7, 11) is 1.72. The number of carbonyl (C=O) groups excluding carboxylic acids is 1. The van der Waals surface area contributed by atoms with E-state index in [2.05, 4.69) is 28.4 Å². The molecule has 3 heterocycles. The molecule has 4 rings (SSSR count). The lowest BCUT2D eigenvalue weighted by molar-refractivity contribution is -0.136. The Hall–Kier alpha value is -1.59. The van der Waals surface area contributed by atoms with E-state index in [9.17, 15) is 4.79 Å². The van der Waals surface area contributed by atoms with E-state index in [-0.39, 0.29) is 11.5 Å². The molecule has 1 N–H and O–H groups in total. The summed E-state index contributed by atoms with van der Waals surface area (Å²) in [6.45, 7) is 4.76. The predicted octanol–water partition coefficient (Wildman–Crippen LogP) is 2.52. The molecule has 3 aliphatic rings. The Balaban J connectivity index is 1.31. The van der Waals surface area contributed by atoms with Gasteiger partial charge in [-0.25, -0.2) is 0 Å². The first-order chi connectivity index (χ1) is 12.7. The van der Waals surface area contributed by atoms with Crippen LogP contribution in [0.4, 0.5) is 0 Å². The average Bonchev–Trinajstić information content (AvgIpc) is 3.12. The topological polar surface area (TPSA) is 50.8 Å². The molecule has 5 nitrogen and oxygen atoms in total. The van der Waals surface area contributed by atoms with Crippen molar-refractivity contribution in [2.45, 2.75) is 50.7 Å². The van der Waals surface area contributed by atoms with E-state index in [0.29, 0.717) is 12.3 Å². The van der Waals surface area contributed by atoms with E-state index in [1.54, 1.807) is 7.05 Å². The number of ether oxygens (including phenoxy) is 2. The third-order valence-electron chi connectivity index (χ3n) is 6.28. The monoisotopic (exact) mass is 358 g/mol. The molecule has 26 heavy (non-hydrogen) atoms. The smallest absolute Gasteiger partial charge is 0.220 e. The maximum atomic E-state index is 11.7. The number of amides is 1. The molecule has 142 valence electrons. The average molecular weight is 358 g/mol. The highest BCUT2D eigenvalue weighted by molar-refractivity contribution is 5.75. The maximum Gasteiger partial charge on any atom is 0.220 e. The van der Waals surface area contributed by atoms with Gasteiger partial charge in [-0.2, -0.15) is 0 Å². The van der Waals surface area contributed by atoms with Crippen LogP contribution in [0.25, 0.3) is 0 Å². The molecule has 2 saturated heterocycles. The molecule has 0 saturated carbocycles. The van der Waals surface area contributed by atoms with Crippen molar-refractivity contribution in [2.24, 2.45) is 5.92 Å². The van der Waals surface area contributed by atoms with Gasteiger partial charge < -0.3 is 14.8 Å². The predicted molar refractivity (Wildman–Crippen MR) is 100 cm³/mol. The Morgan fingerprint density at radius 1 is 1.31 bits per heavy atom. The molecular formula is C21H30N2O3. The van der Waals surface area contributed by atoms with Crippen molar-refractivity contribution in [3.05, 3.63) is 29.3 Å². The summed E-state index contributed by atoms with van der Waals surface area (Å²) in [5, 5.41) is 2.76. The molecule has 0 radical (unpaired) electrons. The highest BCUT2D eigenvalue weighted by Gasteiger charge is 2.40. The van der Waals surface area contributed by atoms with Crippen molar-refractivity contribution in [2.75, 3.05) is 33.4 Å². The van der Waals surface area contributed by atoms with Crippen LogP contribution in [0.15, 0.2) is 18.2 Å². The second-order valence-corrected chi connectivity index (χ2v) is 8.08. The third-order valence-corrected chi connectivity index (χ3v) is 6.28. The van der Waals surface area contributed by atoms with Crippen LogP contribution in [0, 0.1) is 5.92 Å². The van der Waals surface area contributed by atoms with E-state index < -0.39 is 0 Å². The van der Waals surface area contributed by atoms with E-state index >= 15 is 0 Å². The Kier molecular flexibility index (Phi) is 5.18. The lowest BCUT2D eigenvalue weighted by Crippen LogP contribution is -2.49. The summed E-state index contributed by atoms with van der Waals surface area (Å²) in [6.07, 6.45) is 5.87. The molecule has 1 aromatic rings. The van der Waals surface area contributed by atoms with Crippen LogP contribution in [0.1, 0.15) is 43.2 Å². The van der Waals surface area contributed by atoms with Crippen molar-refractivity contribution in [3.8, 4) is 5.75 Å². The zero-order valence-corrected chi connectivity index (χ0v) is 15.8. The summed E-state index contributed by atoms with van der Waals surface area (Å²) < 4.78 is 11.8. The minimum Gasteiger partial charge on any atom is -0.493 e. The highest BCUT2D eigenvalue weighted by atomic mass is 16.5. The fourth-order valence-corrected chi connectivity index (χ4v) is 4.73. The number of likely N-dealkylation sites (tertiary alicyclic amines) is 1. The molecule has 1 spiro atoms. The number of benzene rings is 1. The Morgan fingerprint density at radius 2 is 2.15 bits per heavy atom. The first kappa shape index (κ1) is 17.8. The molecule has 1 aromatic carbocycles. The minimum absolute atomic E-state index is 0.000781. The van der Waals surface area contributed by atoms with Gasteiger partial charge in [-0.15, -0.1) is 0 Å². The summed E-state index contributed by atoms with van der Waals surface area (Å²) in [4.78, 5) is 14.3. The summed E-state index contributed by atoms with van der Waals surface area (Å²) >= 11 is 0. The van der Waals surface area contributed by atoms with Gasteiger partial charge >= 0.3 is 0 Å². The number of fused-ring (bicyclic) bond motifs is 1. The van der Waals surface area contributed by atoms with E-state index in [4.69, 9.17) is 9.47 Å². The van der Waals surface area contributed by atoms with Gasteiger partial charge in [0.25, 0.3) is 0 Å². The first-order valence-corrected chi connectivity index (χ1v) is 9.97. The molecule has 5 heteroatoms. The van der Waals surface area contributed by atoms with Crippen LogP contribution < -0.4 is 10.1 Å². The zero-order chi connectivity index (χ0) is 18.0. The van der Waals surface area contributed by atoms with Gasteiger partial charge in [0.05, 0.1) is 12.2 Å². The van der Waals surface area contributed by atoms with Crippen LogP contribution >= 0.6 is 0 Å². The Bertz CT molecular complexity index is 653. The second kappa shape index (κ2) is 7.57. The number of nitrogens with one attached hydrogen (secondary N) is 1. The number of carbonyl (C=O) groups is 1. The summed E-state index contributed by atoms with van der Waals surface area (Å²) in [5.41, 5.74) is 2.73. The standard InChI is InChI=1S/C21H30N2O3/c1-22-20(24)13-16-4-11-26-21(14-16)6-8-23(9-7-21)15-17-2-3-19-18(12-17)5-10-25-19/h2-3,12,16H,4-11,13-15H2,1H3,(H,22,24). The summed E-state index contributed by atoms with van der Waals surface area (Å²) in [6, 6.07) is 6.63. The van der Waals surface area contributed by atoms with Crippen LogP contribution in [-0.2, 0) is 22.5 Å². The molecule has 3 aliphatic heterocycles. The van der Waals surface area contributed by atoms with Gasteiger partial charge in [0.15, 0.2) is 0 Å². The van der Waals surface area contributed by atoms with E-state index in [1.807, 2.05) is 0 Å². The van der Waals surface area contributed by atoms with Crippen molar-refractivity contribution >= 4 is 5.91 Å².